The smallest absolute Gasteiger partial charge is 0.228 e. The van der Waals surface area contributed by atoms with Crippen molar-refractivity contribution in [3.8, 4) is 0 Å². The Bertz CT molecular complexity index is 403. The van der Waals surface area contributed by atoms with Crippen LogP contribution in [-0.4, -0.2) is 48.4 Å². The quantitative estimate of drug-likeness (QED) is 0.278. The van der Waals surface area contributed by atoms with Gasteiger partial charge < -0.3 is 9.80 Å². The van der Waals surface area contributed by atoms with Crippen molar-refractivity contribution in [2.24, 2.45) is 11.3 Å². The molecule has 166 valence electrons. The van der Waals surface area contributed by atoms with Crippen LogP contribution in [0.5, 0.6) is 0 Å². The fourth-order valence-electron chi connectivity index (χ4n) is 4.74. The predicted octanol–water partition coefficient (Wildman–Crippen LogP) is 6.51. The maximum absolute atomic E-state index is 13.0. The lowest BCUT2D eigenvalue weighted by Crippen LogP contribution is -2.51. The third kappa shape index (κ3) is 8.84. The Labute approximate surface area is 176 Å². The van der Waals surface area contributed by atoms with E-state index in [4.69, 9.17) is 0 Å². The van der Waals surface area contributed by atoms with Gasteiger partial charge in [0.25, 0.3) is 0 Å². The van der Waals surface area contributed by atoms with E-state index in [1.165, 1.54) is 70.6 Å². The Hall–Kier alpha value is -0.570. The number of rotatable bonds is 16. The fraction of sp³-hybridized carbons (Fsp3) is 0.960. The van der Waals surface area contributed by atoms with Crippen LogP contribution >= 0.6 is 0 Å². The van der Waals surface area contributed by atoms with Crippen molar-refractivity contribution in [3.05, 3.63) is 0 Å². The predicted molar refractivity (Wildman–Crippen MR) is 123 cm³/mol. The second-order valence-electron chi connectivity index (χ2n) is 9.50. The maximum Gasteiger partial charge on any atom is 0.228 e. The molecule has 1 saturated heterocycles. The van der Waals surface area contributed by atoms with Gasteiger partial charge in [0, 0.05) is 18.5 Å². The summed E-state index contributed by atoms with van der Waals surface area (Å²) in [6.45, 7) is 16.4. The lowest BCUT2D eigenvalue weighted by molar-refractivity contribution is -0.149. The highest BCUT2D eigenvalue weighted by atomic mass is 16.2. The van der Waals surface area contributed by atoms with Gasteiger partial charge in [-0.25, -0.2) is 0 Å². The SMILES string of the molecule is CCCCCCCCCCCCN1CCC(CCN(CC)CC)C(C)(C)C1=O. The van der Waals surface area contributed by atoms with E-state index in [2.05, 4.69) is 44.4 Å². The number of carbonyl (C=O) groups excluding carboxylic acids is 1. The molecule has 0 aromatic carbocycles. The summed E-state index contributed by atoms with van der Waals surface area (Å²) in [5, 5.41) is 0. The van der Waals surface area contributed by atoms with Crippen molar-refractivity contribution in [2.45, 2.75) is 112 Å². The highest BCUT2D eigenvalue weighted by Crippen LogP contribution is 2.38. The molecule has 0 radical (unpaired) electrons. The first kappa shape index (κ1) is 25.5. The molecule has 28 heavy (non-hydrogen) atoms. The fourth-order valence-corrected chi connectivity index (χ4v) is 4.74. The van der Waals surface area contributed by atoms with E-state index in [1.54, 1.807) is 0 Å². The first-order chi connectivity index (χ1) is 13.5. The number of unbranched alkanes of at least 4 members (excludes halogenated alkanes) is 9. The van der Waals surface area contributed by atoms with Crippen molar-refractivity contribution in [1.29, 1.82) is 0 Å². The summed E-state index contributed by atoms with van der Waals surface area (Å²) in [7, 11) is 0. The molecule has 0 aliphatic carbocycles. The number of likely N-dealkylation sites (tertiary alicyclic amines) is 1. The molecule has 0 aromatic rings. The molecule has 1 rings (SSSR count). The molecule has 1 heterocycles. The molecule has 1 aliphatic rings. The summed E-state index contributed by atoms with van der Waals surface area (Å²) >= 11 is 0. The van der Waals surface area contributed by atoms with Gasteiger partial charge in [-0.3, -0.25) is 4.79 Å². The molecule has 1 fully saturated rings. The largest absolute Gasteiger partial charge is 0.342 e. The van der Waals surface area contributed by atoms with Crippen LogP contribution in [0.25, 0.3) is 0 Å². The first-order valence-corrected chi connectivity index (χ1v) is 12.5. The highest BCUT2D eigenvalue weighted by Gasteiger charge is 2.42. The van der Waals surface area contributed by atoms with Crippen LogP contribution in [0.3, 0.4) is 0 Å². The van der Waals surface area contributed by atoms with Crippen molar-refractivity contribution in [3.63, 3.8) is 0 Å². The van der Waals surface area contributed by atoms with Crippen LogP contribution < -0.4 is 0 Å². The number of hydrogen-bond donors (Lipinski definition) is 0. The molecule has 1 aliphatic heterocycles. The Balaban J connectivity index is 2.20. The molecule has 1 atom stereocenters. The van der Waals surface area contributed by atoms with E-state index in [9.17, 15) is 4.79 Å². The molecule has 1 amide bonds. The zero-order valence-electron chi connectivity index (χ0n) is 19.9. The van der Waals surface area contributed by atoms with Gasteiger partial charge in [-0.05, 0) is 44.8 Å². The lowest BCUT2D eigenvalue weighted by Gasteiger charge is -2.44. The van der Waals surface area contributed by atoms with Crippen molar-refractivity contribution < 1.29 is 4.79 Å². The van der Waals surface area contributed by atoms with Gasteiger partial charge in [0.1, 0.15) is 0 Å². The highest BCUT2D eigenvalue weighted by molar-refractivity contribution is 5.83. The summed E-state index contributed by atoms with van der Waals surface area (Å²) in [5.74, 6) is 0.934. The summed E-state index contributed by atoms with van der Waals surface area (Å²) < 4.78 is 0. The molecular weight excluding hydrogens is 344 g/mol. The second-order valence-corrected chi connectivity index (χ2v) is 9.50. The number of carbonyl (C=O) groups is 1. The number of nitrogens with zero attached hydrogens (tertiary/aromatic N) is 2. The van der Waals surface area contributed by atoms with Crippen LogP contribution in [0, 0.1) is 11.3 Å². The van der Waals surface area contributed by atoms with E-state index in [1.807, 2.05) is 0 Å². The Morgan fingerprint density at radius 2 is 1.43 bits per heavy atom. The maximum atomic E-state index is 13.0. The number of hydrogen-bond acceptors (Lipinski definition) is 2. The molecule has 3 nitrogen and oxygen atoms in total. The van der Waals surface area contributed by atoms with E-state index < -0.39 is 0 Å². The molecule has 3 heteroatoms. The summed E-state index contributed by atoms with van der Waals surface area (Å²) in [6.07, 6.45) is 15.9. The van der Waals surface area contributed by atoms with Gasteiger partial charge >= 0.3 is 0 Å². The van der Waals surface area contributed by atoms with Gasteiger partial charge in [0.15, 0.2) is 0 Å². The monoisotopic (exact) mass is 394 g/mol. The van der Waals surface area contributed by atoms with Crippen LogP contribution in [0.4, 0.5) is 0 Å². The molecular formula is C25H50N2O. The summed E-state index contributed by atoms with van der Waals surface area (Å²) in [5.41, 5.74) is -0.191. The van der Waals surface area contributed by atoms with Gasteiger partial charge in [-0.1, -0.05) is 92.4 Å². The molecule has 0 saturated carbocycles. The summed E-state index contributed by atoms with van der Waals surface area (Å²) in [6, 6.07) is 0. The van der Waals surface area contributed by atoms with Crippen LogP contribution in [0.2, 0.25) is 0 Å². The third-order valence-corrected chi connectivity index (χ3v) is 7.08. The Morgan fingerprint density at radius 3 is 1.96 bits per heavy atom. The average Bonchev–Trinajstić information content (AvgIpc) is 2.68. The molecule has 0 spiro atoms. The average molecular weight is 395 g/mol. The van der Waals surface area contributed by atoms with Crippen LogP contribution in [-0.2, 0) is 4.79 Å². The molecule has 1 unspecified atom stereocenters. The van der Waals surface area contributed by atoms with Crippen molar-refractivity contribution in [1.82, 2.24) is 9.80 Å². The normalized spacial score (nSPS) is 19.6. The molecule has 0 aromatic heterocycles. The van der Waals surface area contributed by atoms with Gasteiger partial charge in [-0.2, -0.15) is 0 Å². The van der Waals surface area contributed by atoms with E-state index in [0.29, 0.717) is 11.8 Å². The second kappa shape index (κ2) is 14.4. The van der Waals surface area contributed by atoms with Gasteiger partial charge in [-0.15, -0.1) is 0 Å². The van der Waals surface area contributed by atoms with Crippen molar-refractivity contribution in [2.75, 3.05) is 32.7 Å². The standard InChI is InChI=1S/C25H50N2O/c1-6-9-10-11-12-13-14-15-16-17-20-27-22-19-23(25(4,5)24(27)28)18-21-26(7-2)8-3/h23H,6-22H2,1-5H3. The van der Waals surface area contributed by atoms with E-state index in [0.717, 1.165) is 39.1 Å². The zero-order chi connectivity index (χ0) is 20.8. The van der Waals surface area contributed by atoms with E-state index in [-0.39, 0.29) is 5.41 Å². The van der Waals surface area contributed by atoms with E-state index >= 15 is 0 Å². The lowest BCUT2D eigenvalue weighted by atomic mass is 9.71. The number of piperidine rings is 1. The minimum atomic E-state index is -0.191. The van der Waals surface area contributed by atoms with Crippen LogP contribution in [0.1, 0.15) is 112 Å². The zero-order valence-corrected chi connectivity index (χ0v) is 19.9. The van der Waals surface area contributed by atoms with Crippen LogP contribution in [0.15, 0.2) is 0 Å². The first-order valence-electron chi connectivity index (χ1n) is 12.5. The Kier molecular flexibility index (Phi) is 13.1. The minimum Gasteiger partial charge on any atom is -0.342 e. The molecule has 0 N–H and O–H groups in total. The van der Waals surface area contributed by atoms with Gasteiger partial charge in [0.05, 0.1) is 0 Å². The van der Waals surface area contributed by atoms with Crippen molar-refractivity contribution >= 4 is 5.91 Å². The molecule has 0 bridgehead atoms. The number of amides is 1. The summed E-state index contributed by atoms with van der Waals surface area (Å²) in [4.78, 5) is 17.7. The third-order valence-electron chi connectivity index (χ3n) is 7.08. The Morgan fingerprint density at radius 1 is 0.893 bits per heavy atom. The van der Waals surface area contributed by atoms with Gasteiger partial charge in [0.2, 0.25) is 5.91 Å². The minimum absolute atomic E-state index is 0.191. The topological polar surface area (TPSA) is 23.6 Å².